The van der Waals surface area contributed by atoms with Gasteiger partial charge in [0.1, 0.15) is 11.3 Å². The summed E-state index contributed by atoms with van der Waals surface area (Å²) in [6.45, 7) is 0. The lowest BCUT2D eigenvalue weighted by molar-refractivity contribution is -0.105. The molecular formula is C10H11NO4. The van der Waals surface area contributed by atoms with Crippen molar-refractivity contribution in [3.63, 3.8) is 0 Å². The molecule has 1 rings (SSSR count). The maximum Gasteiger partial charge on any atom is 0.341 e. The van der Waals surface area contributed by atoms with Gasteiger partial charge in [-0.05, 0) is 18.2 Å². The van der Waals surface area contributed by atoms with Crippen LogP contribution in [0.2, 0.25) is 0 Å². The molecule has 0 heterocycles. The quantitative estimate of drug-likeness (QED) is 0.594. The lowest BCUT2D eigenvalue weighted by Crippen LogP contribution is -2.05. The average Bonchev–Trinajstić information content (AvgIpc) is 2.28. The molecule has 1 aromatic carbocycles. The fraction of sp³-hybridized carbons (Fsp3) is 0.200. The van der Waals surface area contributed by atoms with Crippen LogP contribution in [0.5, 0.6) is 5.75 Å². The fourth-order valence-electron chi connectivity index (χ4n) is 1.14. The molecule has 1 aromatic rings. The third kappa shape index (κ3) is 2.46. The predicted molar refractivity (Wildman–Crippen MR) is 54.0 cm³/mol. The van der Waals surface area contributed by atoms with Gasteiger partial charge in [0.2, 0.25) is 6.41 Å². The second-order valence-corrected chi connectivity index (χ2v) is 2.67. The summed E-state index contributed by atoms with van der Waals surface area (Å²) in [5.74, 6) is -0.111. The molecule has 0 atom stereocenters. The van der Waals surface area contributed by atoms with E-state index in [1.54, 1.807) is 12.1 Å². The summed E-state index contributed by atoms with van der Waals surface area (Å²) in [5.41, 5.74) is 0.776. The Morgan fingerprint density at radius 3 is 2.67 bits per heavy atom. The van der Waals surface area contributed by atoms with E-state index in [0.29, 0.717) is 17.8 Å². The zero-order chi connectivity index (χ0) is 11.3. The topological polar surface area (TPSA) is 64.6 Å². The number of benzene rings is 1. The number of carbonyl (C=O) groups excluding carboxylic acids is 2. The number of rotatable bonds is 4. The van der Waals surface area contributed by atoms with Gasteiger partial charge in [0.15, 0.2) is 0 Å². The van der Waals surface area contributed by atoms with E-state index in [9.17, 15) is 9.59 Å². The van der Waals surface area contributed by atoms with E-state index < -0.39 is 5.97 Å². The van der Waals surface area contributed by atoms with Crippen molar-refractivity contribution in [2.75, 3.05) is 19.5 Å². The Labute approximate surface area is 87.0 Å². The van der Waals surface area contributed by atoms with Crippen LogP contribution >= 0.6 is 0 Å². The molecule has 1 N–H and O–H groups in total. The molecule has 0 aliphatic carbocycles. The Kier molecular flexibility index (Phi) is 3.68. The van der Waals surface area contributed by atoms with Crippen molar-refractivity contribution in [3.05, 3.63) is 23.8 Å². The van der Waals surface area contributed by atoms with E-state index in [1.807, 2.05) is 0 Å². The highest BCUT2D eigenvalue weighted by atomic mass is 16.5. The minimum absolute atomic E-state index is 0.270. The van der Waals surface area contributed by atoms with Gasteiger partial charge >= 0.3 is 5.97 Å². The smallest absolute Gasteiger partial charge is 0.341 e. The molecule has 5 nitrogen and oxygen atoms in total. The Morgan fingerprint density at radius 2 is 2.13 bits per heavy atom. The van der Waals surface area contributed by atoms with Crippen molar-refractivity contribution < 1.29 is 19.1 Å². The normalized spacial score (nSPS) is 9.20. The fourth-order valence-corrected chi connectivity index (χ4v) is 1.14. The average molecular weight is 209 g/mol. The number of anilines is 1. The first-order chi connectivity index (χ1) is 7.22. The minimum atomic E-state index is -0.513. The van der Waals surface area contributed by atoms with E-state index in [2.05, 4.69) is 10.1 Å². The first-order valence-corrected chi connectivity index (χ1v) is 4.19. The highest BCUT2D eigenvalue weighted by molar-refractivity contribution is 5.94. The molecule has 0 fully saturated rings. The molecule has 0 radical (unpaired) electrons. The van der Waals surface area contributed by atoms with Gasteiger partial charge in [-0.25, -0.2) is 4.79 Å². The van der Waals surface area contributed by atoms with Crippen LogP contribution in [0.1, 0.15) is 10.4 Å². The molecule has 0 aromatic heterocycles. The maximum atomic E-state index is 11.3. The number of methoxy groups -OCH3 is 2. The molecule has 0 bridgehead atoms. The number of carbonyl (C=O) groups is 2. The van der Waals surface area contributed by atoms with E-state index in [1.165, 1.54) is 20.3 Å². The SMILES string of the molecule is COC(=O)c1cc(NC=O)ccc1OC. The molecule has 1 amide bonds. The summed E-state index contributed by atoms with van der Waals surface area (Å²) in [5, 5.41) is 2.43. The van der Waals surface area contributed by atoms with Crippen LogP contribution in [0, 0.1) is 0 Å². The molecule has 15 heavy (non-hydrogen) atoms. The molecule has 0 aliphatic heterocycles. The van der Waals surface area contributed by atoms with Gasteiger partial charge in [-0.3, -0.25) is 4.79 Å². The monoisotopic (exact) mass is 209 g/mol. The van der Waals surface area contributed by atoms with Gasteiger partial charge in [0, 0.05) is 5.69 Å². The summed E-state index contributed by atoms with van der Waals surface area (Å²) < 4.78 is 9.56. The summed E-state index contributed by atoms with van der Waals surface area (Å²) in [4.78, 5) is 21.6. The Hall–Kier alpha value is -2.04. The van der Waals surface area contributed by atoms with Crippen molar-refractivity contribution in [1.29, 1.82) is 0 Å². The number of amides is 1. The molecule has 80 valence electrons. The van der Waals surface area contributed by atoms with Crippen LogP contribution in [0.4, 0.5) is 5.69 Å². The number of esters is 1. The van der Waals surface area contributed by atoms with Crippen molar-refractivity contribution in [2.45, 2.75) is 0 Å². The Bertz CT molecular complexity index is 376. The van der Waals surface area contributed by atoms with E-state index in [0.717, 1.165) is 0 Å². The number of nitrogens with one attached hydrogen (secondary N) is 1. The number of ether oxygens (including phenoxy) is 2. The van der Waals surface area contributed by atoms with Crippen LogP contribution in [0.15, 0.2) is 18.2 Å². The standard InChI is InChI=1S/C10H11NO4/c1-14-9-4-3-7(11-6-12)5-8(9)10(13)15-2/h3-6H,1-2H3,(H,11,12). The van der Waals surface area contributed by atoms with Crippen molar-refractivity contribution >= 4 is 18.1 Å². The van der Waals surface area contributed by atoms with Gasteiger partial charge in [-0.1, -0.05) is 0 Å². The van der Waals surface area contributed by atoms with E-state index in [4.69, 9.17) is 4.74 Å². The third-order valence-corrected chi connectivity index (χ3v) is 1.83. The first-order valence-electron chi connectivity index (χ1n) is 4.19. The van der Waals surface area contributed by atoms with Crippen molar-refractivity contribution in [1.82, 2.24) is 0 Å². The number of hydrogen-bond donors (Lipinski definition) is 1. The van der Waals surface area contributed by atoms with Crippen LogP contribution in [0.3, 0.4) is 0 Å². The Balaban J connectivity index is 3.12. The molecular weight excluding hydrogens is 198 g/mol. The summed E-state index contributed by atoms with van der Waals surface area (Å²) in [6.07, 6.45) is 0.531. The molecule has 5 heteroatoms. The summed E-state index contributed by atoms with van der Waals surface area (Å²) >= 11 is 0. The maximum absolute atomic E-state index is 11.3. The van der Waals surface area contributed by atoms with Crippen LogP contribution in [-0.2, 0) is 9.53 Å². The van der Waals surface area contributed by atoms with Crippen molar-refractivity contribution in [3.8, 4) is 5.75 Å². The minimum Gasteiger partial charge on any atom is -0.496 e. The van der Waals surface area contributed by atoms with Gasteiger partial charge in [0.05, 0.1) is 14.2 Å². The highest BCUT2D eigenvalue weighted by Crippen LogP contribution is 2.22. The van der Waals surface area contributed by atoms with E-state index >= 15 is 0 Å². The van der Waals surface area contributed by atoms with Gasteiger partial charge in [-0.15, -0.1) is 0 Å². The summed E-state index contributed by atoms with van der Waals surface area (Å²) in [6, 6.07) is 4.69. The molecule has 0 aliphatic rings. The predicted octanol–water partition coefficient (Wildman–Crippen LogP) is 1.05. The lowest BCUT2D eigenvalue weighted by atomic mass is 10.2. The largest absolute Gasteiger partial charge is 0.496 e. The van der Waals surface area contributed by atoms with Gasteiger partial charge < -0.3 is 14.8 Å². The van der Waals surface area contributed by atoms with Crippen LogP contribution in [-0.4, -0.2) is 26.6 Å². The van der Waals surface area contributed by atoms with Crippen LogP contribution < -0.4 is 10.1 Å². The van der Waals surface area contributed by atoms with Gasteiger partial charge in [0.25, 0.3) is 0 Å². The third-order valence-electron chi connectivity index (χ3n) is 1.83. The zero-order valence-electron chi connectivity index (χ0n) is 8.44. The lowest BCUT2D eigenvalue weighted by Gasteiger charge is -2.08. The van der Waals surface area contributed by atoms with E-state index in [-0.39, 0.29) is 5.56 Å². The second kappa shape index (κ2) is 4.99. The van der Waals surface area contributed by atoms with Crippen LogP contribution in [0.25, 0.3) is 0 Å². The highest BCUT2D eigenvalue weighted by Gasteiger charge is 2.12. The summed E-state index contributed by atoms with van der Waals surface area (Å²) in [7, 11) is 2.73. The van der Waals surface area contributed by atoms with Gasteiger partial charge in [-0.2, -0.15) is 0 Å². The Morgan fingerprint density at radius 1 is 1.40 bits per heavy atom. The molecule has 0 unspecified atom stereocenters. The first kappa shape index (κ1) is 11.0. The van der Waals surface area contributed by atoms with Crippen molar-refractivity contribution in [2.24, 2.45) is 0 Å². The molecule has 0 saturated heterocycles. The molecule has 0 spiro atoms. The zero-order valence-corrected chi connectivity index (χ0v) is 8.44. The second-order valence-electron chi connectivity index (χ2n) is 2.67. The molecule has 0 saturated carbocycles. The number of hydrogen-bond acceptors (Lipinski definition) is 4.